The third kappa shape index (κ3) is 5.74. The predicted octanol–water partition coefficient (Wildman–Crippen LogP) is 6.40. The molecule has 3 heteroatoms. The van der Waals surface area contributed by atoms with E-state index in [0.29, 0.717) is 5.92 Å². The molecule has 1 aliphatic rings. The third-order valence-corrected chi connectivity index (χ3v) is 4.76. The second kappa shape index (κ2) is 9.57. The zero-order valence-corrected chi connectivity index (χ0v) is 14.3. The van der Waals surface area contributed by atoms with Gasteiger partial charge in [-0.25, -0.2) is 13.2 Å². The first-order valence-electron chi connectivity index (χ1n) is 8.93. The Morgan fingerprint density at radius 3 is 2.33 bits per heavy atom. The normalized spacial score (nSPS) is 20.8. The van der Waals surface area contributed by atoms with Crippen molar-refractivity contribution in [1.29, 1.82) is 0 Å². The van der Waals surface area contributed by atoms with Gasteiger partial charge in [0, 0.05) is 5.56 Å². The lowest BCUT2D eigenvalue weighted by Crippen LogP contribution is -2.12. The van der Waals surface area contributed by atoms with Crippen molar-refractivity contribution in [3.63, 3.8) is 0 Å². The van der Waals surface area contributed by atoms with Crippen LogP contribution in [0.15, 0.2) is 24.3 Å². The number of rotatable bonds is 5. The quantitative estimate of drug-likeness (QED) is 0.332. The van der Waals surface area contributed by atoms with E-state index in [4.69, 9.17) is 0 Å². The number of benzene rings is 1. The fourth-order valence-electron chi connectivity index (χ4n) is 3.29. The van der Waals surface area contributed by atoms with Crippen molar-refractivity contribution in [2.45, 2.75) is 58.3 Å². The lowest BCUT2D eigenvalue weighted by atomic mass is 9.79. The molecule has 0 unspecified atom stereocenters. The lowest BCUT2D eigenvalue weighted by Gasteiger charge is -2.26. The van der Waals surface area contributed by atoms with Gasteiger partial charge in [0.2, 0.25) is 0 Å². The van der Waals surface area contributed by atoms with Crippen molar-refractivity contribution in [1.82, 2.24) is 0 Å². The molecule has 1 fully saturated rings. The van der Waals surface area contributed by atoms with Crippen LogP contribution >= 0.6 is 0 Å². The molecule has 1 aromatic rings. The lowest BCUT2D eigenvalue weighted by molar-refractivity contribution is 0.289. The monoisotopic (exact) mass is 334 g/mol. The van der Waals surface area contributed by atoms with E-state index in [1.807, 2.05) is 0 Å². The predicted molar refractivity (Wildman–Crippen MR) is 91.9 cm³/mol. The zero-order chi connectivity index (χ0) is 17.4. The Bertz CT molecular complexity index is 591. The molecule has 0 heterocycles. The molecule has 0 atom stereocenters. The topological polar surface area (TPSA) is 0 Å². The van der Waals surface area contributed by atoms with Crippen LogP contribution in [0, 0.1) is 41.1 Å². The van der Waals surface area contributed by atoms with Crippen LogP contribution in [0.4, 0.5) is 13.2 Å². The molecule has 2 rings (SSSR count). The van der Waals surface area contributed by atoms with E-state index < -0.39 is 17.5 Å². The minimum atomic E-state index is -1.45. The molecule has 0 N–H and O–H groups in total. The number of hydrogen-bond acceptors (Lipinski definition) is 0. The van der Waals surface area contributed by atoms with Crippen LogP contribution in [0.3, 0.4) is 0 Å². The summed E-state index contributed by atoms with van der Waals surface area (Å²) in [5, 5.41) is 0. The molecule has 0 radical (unpaired) electrons. The van der Waals surface area contributed by atoms with E-state index in [0.717, 1.165) is 18.1 Å². The number of allylic oxidation sites excluding steroid dienone is 2. The molecule has 130 valence electrons. The Hall–Kier alpha value is -1.69. The average Bonchev–Trinajstić information content (AvgIpc) is 2.58. The summed E-state index contributed by atoms with van der Waals surface area (Å²) in [6, 6.07) is 1.83. The highest BCUT2D eigenvalue weighted by Crippen LogP contribution is 2.32. The number of halogens is 3. The molecule has 0 aliphatic heterocycles. The highest BCUT2D eigenvalue weighted by Gasteiger charge is 2.18. The summed E-state index contributed by atoms with van der Waals surface area (Å²) in [6.45, 7) is 2.23. The van der Waals surface area contributed by atoms with Gasteiger partial charge in [-0.05, 0) is 55.7 Å². The van der Waals surface area contributed by atoms with Crippen LogP contribution in [0.2, 0.25) is 0 Å². The Morgan fingerprint density at radius 2 is 1.71 bits per heavy atom. The van der Waals surface area contributed by atoms with Gasteiger partial charge in [-0.15, -0.1) is 0 Å². The summed E-state index contributed by atoms with van der Waals surface area (Å²) in [6.07, 6.45) is 14.1. The molecule has 0 aromatic heterocycles. The Balaban J connectivity index is 1.80. The van der Waals surface area contributed by atoms with Crippen molar-refractivity contribution in [3.8, 4) is 11.8 Å². The van der Waals surface area contributed by atoms with E-state index >= 15 is 0 Å². The molecular formula is C21H25F3. The van der Waals surface area contributed by atoms with E-state index in [9.17, 15) is 13.2 Å². The van der Waals surface area contributed by atoms with Gasteiger partial charge in [-0.3, -0.25) is 0 Å². The smallest absolute Gasteiger partial charge is 0.194 e. The van der Waals surface area contributed by atoms with Crippen molar-refractivity contribution >= 4 is 0 Å². The van der Waals surface area contributed by atoms with E-state index in [-0.39, 0.29) is 5.56 Å². The van der Waals surface area contributed by atoms with Gasteiger partial charge in [0.1, 0.15) is 0 Å². The van der Waals surface area contributed by atoms with E-state index in [1.54, 1.807) is 6.08 Å². The molecule has 1 aliphatic carbocycles. The van der Waals surface area contributed by atoms with Crippen LogP contribution in [0.1, 0.15) is 63.9 Å². The highest BCUT2D eigenvalue weighted by molar-refractivity contribution is 5.37. The maximum Gasteiger partial charge on any atom is 0.194 e. The van der Waals surface area contributed by atoms with Crippen molar-refractivity contribution in [3.05, 3.63) is 47.3 Å². The Kier molecular flexibility index (Phi) is 7.43. The molecule has 1 aromatic carbocycles. The molecule has 0 amide bonds. The SMILES string of the molecule is CCCCC[C@H]1CC[C@H](C=CC#Cc2cc(F)c(F)c(F)c2)CC1. The van der Waals surface area contributed by atoms with Gasteiger partial charge >= 0.3 is 0 Å². The summed E-state index contributed by atoms with van der Waals surface area (Å²) in [5.74, 6) is 3.00. The zero-order valence-electron chi connectivity index (χ0n) is 14.3. The highest BCUT2D eigenvalue weighted by atomic mass is 19.2. The summed E-state index contributed by atoms with van der Waals surface area (Å²) >= 11 is 0. The van der Waals surface area contributed by atoms with Crippen LogP contribution in [0.25, 0.3) is 0 Å². The summed E-state index contributed by atoms with van der Waals surface area (Å²) < 4.78 is 39.0. The molecular weight excluding hydrogens is 309 g/mol. The number of unbranched alkanes of at least 4 members (excludes halogenated alkanes) is 2. The van der Waals surface area contributed by atoms with Crippen LogP contribution in [-0.4, -0.2) is 0 Å². The van der Waals surface area contributed by atoms with Gasteiger partial charge in [0.05, 0.1) is 0 Å². The molecule has 0 spiro atoms. The van der Waals surface area contributed by atoms with Crippen molar-refractivity contribution < 1.29 is 13.2 Å². The molecule has 24 heavy (non-hydrogen) atoms. The van der Waals surface area contributed by atoms with E-state index in [1.165, 1.54) is 51.4 Å². The van der Waals surface area contributed by atoms with Gasteiger partial charge in [-0.1, -0.05) is 50.5 Å². The maximum atomic E-state index is 13.1. The largest absolute Gasteiger partial charge is 0.204 e. The van der Waals surface area contributed by atoms with Crippen LogP contribution in [0.5, 0.6) is 0 Å². The third-order valence-electron chi connectivity index (χ3n) is 4.76. The average molecular weight is 334 g/mol. The van der Waals surface area contributed by atoms with Gasteiger partial charge in [-0.2, -0.15) is 0 Å². The first-order chi connectivity index (χ1) is 11.6. The summed E-state index contributed by atoms with van der Waals surface area (Å²) in [7, 11) is 0. The first kappa shape index (κ1) is 18.6. The standard InChI is InChI=1S/C21H25F3/c1-2-3-4-7-16-10-12-17(13-11-16)8-5-6-9-18-14-19(22)21(24)20(23)15-18/h5,8,14-17H,2-4,7,10-13H2,1H3/t16-,17-. The molecule has 0 bridgehead atoms. The summed E-state index contributed by atoms with van der Waals surface area (Å²) in [5.41, 5.74) is 0.149. The number of hydrogen-bond donors (Lipinski definition) is 0. The van der Waals surface area contributed by atoms with Gasteiger partial charge in [0.15, 0.2) is 17.5 Å². The first-order valence-corrected chi connectivity index (χ1v) is 8.93. The van der Waals surface area contributed by atoms with Crippen LogP contribution < -0.4 is 0 Å². The van der Waals surface area contributed by atoms with E-state index in [2.05, 4.69) is 24.8 Å². The van der Waals surface area contributed by atoms with Gasteiger partial charge < -0.3 is 0 Å². The second-order valence-electron chi connectivity index (χ2n) is 6.66. The minimum Gasteiger partial charge on any atom is -0.204 e. The van der Waals surface area contributed by atoms with Gasteiger partial charge in [0.25, 0.3) is 0 Å². The molecule has 0 nitrogen and oxygen atoms in total. The minimum absolute atomic E-state index is 0.149. The van der Waals surface area contributed by atoms with Crippen molar-refractivity contribution in [2.75, 3.05) is 0 Å². The molecule has 0 saturated heterocycles. The fraction of sp³-hybridized carbons (Fsp3) is 0.524. The summed E-state index contributed by atoms with van der Waals surface area (Å²) in [4.78, 5) is 0. The second-order valence-corrected chi connectivity index (χ2v) is 6.66. The van der Waals surface area contributed by atoms with Crippen molar-refractivity contribution in [2.24, 2.45) is 11.8 Å². The fourth-order valence-corrected chi connectivity index (χ4v) is 3.29. The Morgan fingerprint density at radius 1 is 1.04 bits per heavy atom. The maximum absolute atomic E-state index is 13.1. The van der Waals surface area contributed by atoms with Crippen LogP contribution in [-0.2, 0) is 0 Å². The molecule has 1 saturated carbocycles. The Labute approximate surface area is 143 Å².